The Morgan fingerprint density at radius 2 is 1.87 bits per heavy atom. The van der Waals surface area contributed by atoms with Crippen LogP contribution in [-0.2, 0) is 4.74 Å². The van der Waals surface area contributed by atoms with Crippen LogP contribution in [0.2, 0.25) is 0 Å². The van der Waals surface area contributed by atoms with E-state index in [0.29, 0.717) is 31.5 Å². The minimum absolute atomic E-state index is 0.00123. The molecule has 0 atom stereocenters. The SMILES string of the molecule is CC(C)(C)OC(=O)NC1CCN(C(=O)c2cccc(-c3cn4ccccc4n3)c2)CC1. The van der Waals surface area contributed by atoms with Gasteiger partial charge in [0.15, 0.2) is 0 Å². The lowest BCUT2D eigenvalue weighted by atomic mass is 10.0. The van der Waals surface area contributed by atoms with Crippen LogP contribution in [0.5, 0.6) is 0 Å². The molecule has 7 heteroatoms. The highest BCUT2D eigenvalue weighted by Gasteiger charge is 2.26. The number of hydrogen-bond acceptors (Lipinski definition) is 4. The van der Waals surface area contributed by atoms with E-state index in [2.05, 4.69) is 10.3 Å². The third-order valence-corrected chi connectivity index (χ3v) is 5.27. The zero-order valence-corrected chi connectivity index (χ0v) is 18.2. The van der Waals surface area contributed by atoms with Crippen molar-refractivity contribution in [2.75, 3.05) is 13.1 Å². The van der Waals surface area contributed by atoms with E-state index in [0.717, 1.165) is 16.9 Å². The van der Waals surface area contributed by atoms with E-state index in [4.69, 9.17) is 4.74 Å². The number of benzene rings is 1. The van der Waals surface area contributed by atoms with Crippen LogP contribution in [0.25, 0.3) is 16.9 Å². The second-order valence-electron chi connectivity index (χ2n) is 8.89. The van der Waals surface area contributed by atoms with Crippen LogP contribution >= 0.6 is 0 Å². The Labute approximate surface area is 182 Å². The number of rotatable bonds is 3. The molecule has 162 valence electrons. The number of fused-ring (bicyclic) bond motifs is 1. The van der Waals surface area contributed by atoms with Crippen molar-refractivity contribution in [3.8, 4) is 11.3 Å². The molecule has 4 rings (SSSR count). The number of imidazole rings is 1. The number of nitrogens with one attached hydrogen (secondary N) is 1. The Morgan fingerprint density at radius 1 is 1.10 bits per heavy atom. The van der Waals surface area contributed by atoms with Gasteiger partial charge >= 0.3 is 6.09 Å². The molecule has 0 radical (unpaired) electrons. The number of carbonyl (C=O) groups excluding carboxylic acids is 2. The van der Waals surface area contributed by atoms with Gasteiger partial charge in [-0.1, -0.05) is 18.2 Å². The smallest absolute Gasteiger partial charge is 0.407 e. The number of carbonyl (C=O) groups is 2. The second kappa shape index (κ2) is 8.41. The summed E-state index contributed by atoms with van der Waals surface area (Å²) in [5, 5.41) is 2.91. The maximum atomic E-state index is 13.1. The molecule has 0 bridgehead atoms. The average molecular weight is 421 g/mol. The minimum Gasteiger partial charge on any atom is -0.444 e. The van der Waals surface area contributed by atoms with Crippen molar-refractivity contribution in [2.24, 2.45) is 0 Å². The number of ether oxygens (including phenoxy) is 1. The summed E-state index contributed by atoms with van der Waals surface area (Å²) in [5.41, 5.74) is 2.74. The maximum absolute atomic E-state index is 13.1. The fourth-order valence-electron chi connectivity index (χ4n) is 3.77. The third-order valence-electron chi connectivity index (χ3n) is 5.27. The van der Waals surface area contributed by atoms with E-state index in [1.807, 2.05) is 84.9 Å². The topological polar surface area (TPSA) is 75.9 Å². The summed E-state index contributed by atoms with van der Waals surface area (Å²) in [6.07, 6.45) is 4.93. The van der Waals surface area contributed by atoms with Gasteiger partial charge in [-0.3, -0.25) is 4.79 Å². The van der Waals surface area contributed by atoms with Crippen molar-refractivity contribution in [1.82, 2.24) is 19.6 Å². The summed E-state index contributed by atoms with van der Waals surface area (Å²) < 4.78 is 7.29. The highest BCUT2D eigenvalue weighted by Crippen LogP contribution is 2.22. The highest BCUT2D eigenvalue weighted by atomic mass is 16.6. The molecule has 1 N–H and O–H groups in total. The molecule has 1 aliphatic heterocycles. The average Bonchev–Trinajstić information content (AvgIpc) is 3.17. The number of aromatic nitrogens is 2. The third kappa shape index (κ3) is 5.05. The number of hydrogen-bond donors (Lipinski definition) is 1. The quantitative estimate of drug-likeness (QED) is 0.691. The van der Waals surface area contributed by atoms with Gasteiger partial charge in [0.2, 0.25) is 0 Å². The minimum atomic E-state index is -0.521. The lowest BCUT2D eigenvalue weighted by Crippen LogP contribution is -2.47. The van der Waals surface area contributed by atoms with Crippen molar-refractivity contribution in [2.45, 2.75) is 45.3 Å². The van der Waals surface area contributed by atoms with E-state index < -0.39 is 11.7 Å². The molecule has 1 fully saturated rings. The number of likely N-dealkylation sites (tertiary alicyclic amines) is 1. The van der Waals surface area contributed by atoms with E-state index in [1.54, 1.807) is 0 Å². The lowest BCUT2D eigenvalue weighted by Gasteiger charge is -2.33. The van der Waals surface area contributed by atoms with Crippen LogP contribution in [-0.4, -0.2) is 51.0 Å². The molecule has 1 aliphatic rings. The Morgan fingerprint density at radius 3 is 2.58 bits per heavy atom. The van der Waals surface area contributed by atoms with Gasteiger partial charge in [-0.2, -0.15) is 0 Å². The zero-order chi connectivity index (χ0) is 22.0. The Bertz CT molecular complexity index is 1060. The van der Waals surface area contributed by atoms with Gasteiger partial charge in [0.25, 0.3) is 5.91 Å². The number of nitrogens with zero attached hydrogens (tertiary/aromatic N) is 3. The van der Waals surface area contributed by atoms with Crippen LogP contribution < -0.4 is 5.32 Å². The van der Waals surface area contributed by atoms with Gasteiger partial charge in [-0.25, -0.2) is 9.78 Å². The first kappa shape index (κ1) is 20.9. The summed E-state index contributed by atoms with van der Waals surface area (Å²) in [5.74, 6) is 0.00123. The summed E-state index contributed by atoms with van der Waals surface area (Å²) in [6.45, 7) is 6.71. The second-order valence-corrected chi connectivity index (χ2v) is 8.89. The van der Waals surface area contributed by atoms with Crippen LogP contribution in [0.15, 0.2) is 54.9 Å². The van der Waals surface area contributed by atoms with Crippen molar-refractivity contribution in [1.29, 1.82) is 0 Å². The summed E-state index contributed by atoms with van der Waals surface area (Å²) in [7, 11) is 0. The van der Waals surface area contributed by atoms with Crippen molar-refractivity contribution in [3.63, 3.8) is 0 Å². The van der Waals surface area contributed by atoms with Crippen molar-refractivity contribution >= 4 is 17.6 Å². The molecular weight excluding hydrogens is 392 g/mol. The largest absolute Gasteiger partial charge is 0.444 e. The van der Waals surface area contributed by atoms with E-state index in [1.165, 1.54) is 0 Å². The Balaban J connectivity index is 1.39. The predicted octanol–water partition coefficient (Wildman–Crippen LogP) is 4.13. The summed E-state index contributed by atoms with van der Waals surface area (Å²) in [6, 6.07) is 13.5. The number of alkyl carbamates (subject to hydrolysis) is 1. The predicted molar refractivity (Wildman–Crippen MR) is 119 cm³/mol. The molecule has 2 aromatic heterocycles. The van der Waals surface area contributed by atoms with Gasteiger partial charge in [-0.15, -0.1) is 0 Å². The molecule has 0 aliphatic carbocycles. The van der Waals surface area contributed by atoms with Crippen LogP contribution in [0.3, 0.4) is 0 Å². The van der Waals surface area contributed by atoms with Crippen molar-refractivity contribution in [3.05, 3.63) is 60.4 Å². The van der Waals surface area contributed by atoms with Gasteiger partial charge < -0.3 is 19.4 Å². The van der Waals surface area contributed by atoms with Crippen LogP contribution in [0.1, 0.15) is 44.0 Å². The van der Waals surface area contributed by atoms with Crippen molar-refractivity contribution < 1.29 is 14.3 Å². The lowest BCUT2D eigenvalue weighted by molar-refractivity contribution is 0.0473. The Hall–Kier alpha value is -3.35. The first-order valence-corrected chi connectivity index (χ1v) is 10.6. The molecule has 3 aromatic rings. The number of piperidine rings is 1. The van der Waals surface area contributed by atoms with Gasteiger partial charge in [0.05, 0.1) is 5.69 Å². The summed E-state index contributed by atoms with van der Waals surface area (Å²) >= 11 is 0. The highest BCUT2D eigenvalue weighted by molar-refractivity contribution is 5.95. The molecule has 1 aromatic carbocycles. The molecule has 0 unspecified atom stereocenters. The monoisotopic (exact) mass is 420 g/mol. The molecular formula is C24H28N4O3. The number of amides is 2. The molecule has 0 spiro atoms. The molecule has 3 heterocycles. The first-order valence-electron chi connectivity index (χ1n) is 10.6. The number of pyridine rings is 1. The molecule has 7 nitrogen and oxygen atoms in total. The van der Waals surface area contributed by atoms with Crippen LogP contribution in [0.4, 0.5) is 4.79 Å². The first-order chi connectivity index (χ1) is 14.8. The van der Waals surface area contributed by atoms with Gasteiger partial charge in [0.1, 0.15) is 11.2 Å². The van der Waals surface area contributed by atoms with E-state index >= 15 is 0 Å². The Kier molecular flexibility index (Phi) is 5.67. The molecule has 1 saturated heterocycles. The standard InChI is InChI=1S/C24H28N4O3/c1-24(2,3)31-23(30)25-19-10-13-27(14-11-19)22(29)18-8-6-7-17(15-18)20-16-28-12-5-4-9-21(28)26-20/h4-9,12,15-16,19H,10-11,13-14H2,1-3H3,(H,25,30). The molecule has 0 saturated carbocycles. The normalized spacial score (nSPS) is 15.1. The maximum Gasteiger partial charge on any atom is 0.407 e. The fourth-order valence-corrected chi connectivity index (χ4v) is 3.77. The van der Waals surface area contributed by atoms with Gasteiger partial charge in [-0.05, 0) is 57.9 Å². The van der Waals surface area contributed by atoms with E-state index in [-0.39, 0.29) is 11.9 Å². The molecule has 31 heavy (non-hydrogen) atoms. The fraction of sp³-hybridized carbons (Fsp3) is 0.375. The van der Waals surface area contributed by atoms with Gasteiger partial charge in [0, 0.05) is 42.7 Å². The van der Waals surface area contributed by atoms with E-state index in [9.17, 15) is 9.59 Å². The van der Waals surface area contributed by atoms with Crippen LogP contribution in [0, 0.1) is 0 Å². The zero-order valence-electron chi connectivity index (χ0n) is 18.2. The molecule has 2 amide bonds. The summed E-state index contributed by atoms with van der Waals surface area (Å²) in [4.78, 5) is 31.5.